The molecule has 0 radical (unpaired) electrons. The van der Waals surface area contributed by atoms with Gasteiger partial charge in [-0.05, 0) is 50.1 Å². The third kappa shape index (κ3) is 3.74. The molecule has 0 N–H and O–H groups in total. The van der Waals surface area contributed by atoms with Crippen LogP contribution < -0.4 is 4.74 Å². The molecule has 0 aromatic carbocycles. The van der Waals surface area contributed by atoms with Gasteiger partial charge in [0.25, 0.3) is 5.91 Å². The Morgan fingerprint density at radius 2 is 2.00 bits per heavy atom. The Kier molecular flexibility index (Phi) is 4.96. The normalized spacial score (nSPS) is 15.1. The van der Waals surface area contributed by atoms with Gasteiger partial charge in [-0.25, -0.2) is 15.0 Å². The fourth-order valence-corrected chi connectivity index (χ4v) is 3.50. The SMILES string of the molecule is CCOc1ccc(C(=O)N2CCC(c3ccc4cccnc4n3)CC2)cn1. The molecule has 1 fully saturated rings. The lowest BCUT2D eigenvalue weighted by atomic mass is 9.92. The summed E-state index contributed by atoms with van der Waals surface area (Å²) in [6.45, 7) is 3.91. The first-order valence-corrected chi connectivity index (χ1v) is 9.34. The van der Waals surface area contributed by atoms with Gasteiger partial charge < -0.3 is 9.64 Å². The smallest absolute Gasteiger partial charge is 0.255 e. The van der Waals surface area contributed by atoms with E-state index >= 15 is 0 Å². The standard InChI is InChI=1S/C21H22N4O2/c1-2-27-19-8-6-17(14-23-19)21(26)25-12-9-15(10-13-25)18-7-5-16-4-3-11-22-20(16)24-18/h3-8,11,14-15H,2,9-10,12-13H2,1H3. The number of aromatic nitrogens is 3. The fourth-order valence-electron chi connectivity index (χ4n) is 3.50. The van der Waals surface area contributed by atoms with Gasteiger partial charge in [0.1, 0.15) is 0 Å². The summed E-state index contributed by atoms with van der Waals surface area (Å²) in [5.41, 5.74) is 2.45. The summed E-state index contributed by atoms with van der Waals surface area (Å²) in [5, 5.41) is 1.05. The predicted octanol–water partition coefficient (Wildman–Crippen LogP) is 3.44. The molecule has 0 saturated carbocycles. The Hall–Kier alpha value is -3.02. The van der Waals surface area contributed by atoms with Crippen LogP contribution in [0, 0.1) is 0 Å². The number of likely N-dealkylation sites (tertiary alicyclic amines) is 1. The van der Waals surface area contributed by atoms with E-state index in [1.165, 1.54) is 0 Å². The monoisotopic (exact) mass is 362 g/mol. The molecular weight excluding hydrogens is 340 g/mol. The van der Waals surface area contributed by atoms with Crippen LogP contribution in [0.1, 0.15) is 41.7 Å². The Labute approximate surface area is 158 Å². The number of carbonyl (C=O) groups is 1. The number of nitrogens with zero attached hydrogens (tertiary/aromatic N) is 4. The zero-order chi connectivity index (χ0) is 18.6. The molecule has 138 valence electrons. The summed E-state index contributed by atoms with van der Waals surface area (Å²) in [4.78, 5) is 27.9. The van der Waals surface area contributed by atoms with Crippen molar-refractivity contribution in [2.75, 3.05) is 19.7 Å². The molecule has 4 heterocycles. The van der Waals surface area contributed by atoms with E-state index in [0.717, 1.165) is 42.7 Å². The Morgan fingerprint density at radius 3 is 2.74 bits per heavy atom. The van der Waals surface area contributed by atoms with Crippen LogP contribution in [0.15, 0.2) is 48.8 Å². The van der Waals surface area contributed by atoms with Crippen molar-refractivity contribution in [3.8, 4) is 5.88 Å². The molecule has 6 heteroatoms. The third-order valence-corrected chi connectivity index (χ3v) is 4.96. The molecule has 1 amide bonds. The molecule has 4 rings (SSSR count). The molecule has 1 saturated heterocycles. The van der Waals surface area contributed by atoms with Crippen LogP contribution in [-0.4, -0.2) is 45.5 Å². The highest BCUT2D eigenvalue weighted by molar-refractivity contribution is 5.94. The van der Waals surface area contributed by atoms with Crippen LogP contribution >= 0.6 is 0 Å². The van der Waals surface area contributed by atoms with E-state index in [-0.39, 0.29) is 5.91 Å². The van der Waals surface area contributed by atoms with E-state index < -0.39 is 0 Å². The second-order valence-corrected chi connectivity index (χ2v) is 6.67. The molecule has 0 spiro atoms. The minimum atomic E-state index is 0.0251. The van der Waals surface area contributed by atoms with Crippen molar-refractivity contribution in [2.24, 2.45) is 0 Å². The van der Waals surface area contributed by atoms with E-state index in [0.29, 0.717) is 24.0 Å². The fraction of sp³-hybridized carbons (Fsp3) is 0.333. The quantitative estimate of drug-likeness (QED) is 0.711. The van der Waals surface area contributed by atoms with E-state index in [4.69, 9.17) is 9.72 Å². The highest BCUT2D eigenvalue weighted by atomic mass is 16.5. The molecule has 0 unspecified atom stereocenters. The maximum absolute atomic E-state index is 12.7. The maximum atomic E-state index is 12.7. The van der Waals surface area contributed by atoms with Crippen molar-refractivity contribution in [2.45, 2.75) is 25.7 Å². The van der Waals surface area contributed by atoms with Crippen LogP contribution in [0.2, 0.25) is 0 Å². The van der Waals surface area contributed by atoms with Crippen molar-refractivity contribution in [1.82, 2.24) is 19.9 Å². The third-order valence-electron chi connectivity index (χ3n) is 4.96. The minimum absolute atomic E-state index is 0.0251. The highest BCUT2D eigenvalue weighted by Crippen LogP contribution is 2.28. The molecule has 3 aromatic heterocycles. The zero-order valence-electron chi connectivity index (χ0n) is 15.3. The summed E-state index contributed by atoms with van der Waals surface area (Å²) in [5.74, 6) is 0.930. The zero-order valence-corrected chi connectivity index (χ0v) is 15.3. The van der Waals surface area contributed by atoms with Crippen LogP contribution in [-0.2, 0) is 0 Å². The number of hydrogen-bond donors (Lipinski definition) is 0. The van der Waals surface area contributed by atoms with Gasteiger partial charge in [0.2, 0.25) is 5.88 Å². The number of carbonyl (C=O) groups excluding carboxylic acids is 1. The minimum Gasteiger partial charge on any atom is -0.478 e. The van der Waals surface area contributed by atoms with E-state index in [1.807, 2.05) is 24.0 Å². The van der Waals surface area contributed by atoms with Crippen LogP contribution in [0.25, 0.3) is 11.0 Å². The Balaban J connectivity index is 1.41. The second-order valence-electron chi connectivity index (χ2n) is 6.67. The molecule has 0 atom stereocenters. The number of piperidine rings is 1. The molecule has 1 aliphatic heterocycles. The Morgan fingerprint density at radius 1 is 1.15 bits per heavy atom. The molecule has 0 bridgehead atoms. The maximum Gasteiger partial charge on any atom is 0.255 e. The first kappa shape index (κ1) is 17.4. The summed E-state index contributed by atoms with van der Waals surface area (Å²) in [6, 6.07) is 11.6. The number of ether oxygens (including phenoxy) is 1. The summed E-state index contributed by atoms with van der Waals surface area (Å²) in [7, 11) is 0. The number of amides is 1. The predicted molar refractivity (Wildman–Crippen MR) is 103 cm³/mol. The van der Waals surface area contributed by atoms with Crippen molar-refractivity contribution in [1.29, 1.82) is 0 Å². The van der Waals surface area contributed by atoms with Gasteiger partial charge in [-0.3, -0.25) is 4.79 Å². The summed E-state index contributed by atoms with van der Waals surface area (Å²) in [6.07, 6.45) is 5.17. The number of pyridine rings is 3. The van der Waals surface area contributed by atoms with Gasteiger partial charge >= 0.3 is 0 Å². The number of fused-ring (bicyclic) bond motifs is 1. The molecular formula is C21H22N4O2. The second kappa shape index (κ2) is 7.70. The van der Waals surface area contributed by atoms with E-state index in [2.05, 4.69) is 22.1 Å². The first-order valence-electron chi connectivity index (χ1n) is 9.34. The van der Waals surface area contributed by atoms with Gasteiger partial charge in [0.05, 0.1) is 12.2 Å². The van der Waals surface area contributed by atoms with Crippen LogP contribution in [0.5, 0.6) is 5.88 Å². The van der Waals surface area contributed by atoms with Gasteiger partial charge in [-0.1, -0.05) is 0 Å². The Bertz CT molecular complexity index is 934. The molecule has 6 nitrogen and oxygen atoms in total. The van der Waals surface area contributed by atoms with E-state index in [9.17, 15) is 4.79 Å². The number of rotatable bonds is 4. The van der Waals surface area contributed by atoms with Crippen molar-refractivity contribution < 1.29 is 9.53 Å². The average molecular weight is 362 g/mol. The van der Waals surface area contributed by atoms with Gasteiger partial charge in [-0.15, -0.1) is 0 Å². The molecule has 27 heavy (non-hydrogen) atoms. The molecule has 3 aromatic rings. The lowest BCUT2D eigenvalue weighted by molar-refractivity contribution is 0.0711. The molecule has 1 aliphatic rings. The summed E-state index contributed by atoms with van der Waals surface area (Å²) < 4.78 is 5.33. The lowest BCUT2D eigenvalue weighted by Crippen LogP contribution is -2.38. The first-order chi connectivity index (χ1) is 13.2. The van der Waals surface area contributed by atoms with Gasteiger partial charge in [0, 0.05) is 48.5 Å². The van der Waals surface area contributed by atoms with Crippen molar-refractivity contribution in [3.63, 3.8) is 0 Å². The van der Waals surface area contributed by atoms with Crippen molar-refractivity contribution >= 4 is 16.9 Å². The number of hydrogen-bond acceptors (Lipinski definition) is 5. The van der Waals surface area contributed by atoms with Crippen LogP contribution in [0.4, 0.5) is 0 Å². The van der Waals surface area contributed by atoms with Crippen molar-refractivity contribution in [3.05, 3.63) is 60.0 Å². The van der Waals surface area contributed by atoms with Crippen LogP contribution in [0.3, 0.4) is 0 Å². The van der Waals surface area contributed by atoms with E-state index in [1.54, 1.807) is 24.5 Å². The summed E-state index contributed by atoms with van der Waals surface area (Å²) >= 11 is 0. The average Bonchev–Trinajstić information content (AvgIpc) is 2.74. The molecule has 0 aliphatic carbocycles. The largest absolute Gasteiger partial charge is 0.478 e. The van der Waals surface area contributed by atoms with Gasteiger partial charge in [0.15, 0.2) is 5.65 Å². The topological polar surface area (TPSA) is 68.2 Å². The highest BCUT2D eigenvalue weighted by Gasteiger charge is 2.25. The lowest BCUT2D eigenvalue weighted by Gasteiger charge is -2.31. The van der Waals surface area contributed by atoms with Gasteiger partial charge in [-0.2, -0.15) is 0 Å².